The van der Waals surface area contributed by atoms with E-state index < -0.39 is 35.5 Å². The zero-order valence-corrected chi connectivity index (χ0v) is 23.5. The summed E-state index contributed by atoms with van der Waals surface area (Å²) in [7, 11) is 1.26. The highest BCUT2D eigenvalue weighted by molar-refractivity contribution is 7.99. The summed E-state index contributed by atoms with van der Waals surface area (Å²) in [4.78, 5) is 51.6. The van der Waals surface area contributed by atoms with Gasteiger partial charge in [0.15, 0.2) is 17.3 Å². The summed E-state index contributed by atoms with van der Waals surface area (Å²) in [5, 5.41) is 3.25. The minimum absolute atomic E-state index is 0.220. The van der Waals surface area contributed by atoms with Gasteiger partial charge in [-0.2, -0.15) is 11.8 Å². The first-order chi connectivity index (χ1) is 18.1. The molecule has 1 N–H and O–H groups in total. The molecule has 38 heavy (non-hydrogen) atoms. The van der Waals surface area contributed by atoms with Crippen molar-refractivity contribution in [3.8, 4) is 11.5 Å². The van der Waals surface area contributed by atoms with Gasteiger partial charge in [-0.1, -0.05) is 19.9 Å². The molecule has 0 unspecified atom stereocenters. The number of allylic oxidation sites excluding steroid dienone is 3. The normalized spacial score (nSPS) is 20.9. The predicted molar refractivity (Wildman–Crippen MR) is 143 cm³/mol. The van der Waals surface area contributed by atoms with E-state index in [1.807, 2.05) is 13.8 Å². The van der Waals surface area contributed by atoms with Gasteiger partial charge < -0.3 is 24.3 Å². The van der Waals surface area contributed by atoms with Gasteiger partial charge >= 0.3 is 17.9 Å². The zero-order chi connectivity index (χ0) is 28.0. The van der Waals surface area contributed by atoms with E-state index in [0.717, 1.165) is 5.75 Å². The first-order valence-electron chi connectivity index (χ1n) is 12.7. The van der Waals surface area contributed by atoms with Crippen molar-refractivity contribution in [1.82, 2.24) is 5.32 Å². The largest absolute Gasteiger partial charge is 0.490 e. The molecule has 1 aliphatic heterocycles. The molecule has 0 radical (unpaired) electrons. The number of Topliss-reactive ketones (excluding diaryl/α,β-unsaturated/α-hetero) is 1. The van der Waals surface area contributed by atoms with Gasteiger partial charge in [-0.25, -0.2) is 4.79 Å². The van der Waals surface area contributed by atoms with Crippen molar-refractivity contribution in [2.75, 3.05) is 31.8 Å². The van der Waals surface area contributed by atoms with Crippen LogP contribution in [0.5, 0.6) is 11.5 Å². The lowest BCUT2D eigenvalue weighted by molar-refractivity contribution is -0.151. The van der Waals surface area contributed by atoms with Crippen LogP contribution in [0.25, 0.3) is 0 Å². The van der Waals surface area contributed by atoms with Crippen molar-refractivity contribution in [2.45, 2.75) is 47.0 Å². The summed E-state index contributed by atoms with van der Waals surface area (Å²) in [5.74, 6) is -2.11. The molecule has 1 aromatic rings. The first-order valence-corrected chi connectivity index (χ1v) is 13.8. The maximum Gasteiger partial charge on any atom is 0.336 e. The van der Waals surface area contributed by atoms with Crippen LogP contribution in [0.15, 0.2) is 40.7 Å². The maximum atomic E-state index is 13.9. The molecule has 3 atom stereocenters. The lowest BCUT2D eigenvalue weighted by Crippen LogP contribution is -2.43. The molecule has 10 heteroatoms. The minimum atomic E-state index is -0.994. The van der Waals surface area contributed by atoms with Crippen molar-refractivity contribution in [3.05, 3.63) is 46.3 Å². The Morgan fingerprint density at radius 1 is 1.16 bits per heavy atom. The molecule has 0 saturated carbocycles. The maximum absolute atomic E-state index is 13.9. The number of dihydropyridines is 1. The number of ketones is 1. The van der Waals surface area contributed by atoms with Crippen molar-refractivity contribution in [1.29, 1.82) is 0 Å². The molecule has 206 valence electrons. The first kappa shape index (κ1) is 29.3. The Morgan fingerprint density at radius 2 is 1.89 bits per heavy atom. The second-order valence-corrected chi connectivity index (χ2v) is 10.5. The lowest BCUT2D eigenvalue weighted by atomic mass is 9.69. The summed E-state index contributed by atoms with van der Waals surface area (Å²) in [6, 6.07) is 4.93. The number of carbonyl (C=O) groups is 4. The third-order valence-electron chi connectivity index (χ3n) is 6.48. The molecule has 2 aliphatic rings. The molecular formula is C28H35NO8S. The van der Waals surface area contributed by atoms with Crippen molar-refractivity contribution >= 4 is 35.5 Å². The van der Waals surface area contributed by atoms with E-state index in [4.69, 9.17) is 18.9 Å². The van der Waals surface area contributed by atoms with Gasteiger partial charge in [0.25, 0.3) is 0 Å². The molecule has 0 amide bonds. The fourth-order valence-electron chi connectivity index (χ4n) is 4.91. The standard InChI is InChI=1S/C28H35NO8S/c1-7-35-21-14-18(9-10-20(21)37-17(5)30)24-23(28(33)36-11-12-38-8-2)16(4)29-19-13-15(3)22(27(32)34-6)26(31)25(19)24/h9-10,14-15,22,24,29H,7-8,11-13H2,1-6H3/t15-,22-,24-/m0/s1. The zero-order valence-electron chi connectivity index (χ0n) is 22.7. The van der Waals surface area contributed by atoms with E-state index in [-0.39, 0.29) is 23.8 Å². The van der Waals surface area contributed by atoms with Crippen molar-refractivity contribution in [2.24, 2.45) is 11.8 Å². The molecule has 0 bridgehead atoms. The molecule has 1 aliphatic carbocycles. The van der Waals surface area contributed by atoms with Gasteiger partial charge in [0.2, 0.25) is 0 Å². The Morgan fingerprint density at radius 3 is 2.53 bits per heavy atom. The number of esters is 3. The van der Waals surface area contributed by atoms with E-state index in [0.29, 0.717) is 47.1 Å². The summed E-state index contributed by atoms with van der Waals surface area (Å²) < 4.78 is 21.6. The highest BCUT2D eigenvalue weighted by atomic mass is 32.2. The van der Waals surface area contributed by atoms with Crippen molar-refractivity contribution < 1.29 is 38.1 Å². The van der Waals surface area contributed by atoms with E-state index in [1.165, 1.54) is 14.0 Å². The number of thioether (sulfide) groups is 1. The smallest absolute Gasteiger partial charge is 0.336 e. The van der Waals surface area contributed by atoms with Crippen LogP contribution >= 0.6 is 11.8 Å². The molecular weight excluding hydrogens is 510 g/mol. The van der Waals surface area contributed by atoms with E-state index in [1.54, 1.807) is 43.8 Å². The summed E-state index contributed by atoms with van der Waals surface area (Å²) in [6.07, 6.45) is 0.425. The number of nitrogens with one attached hydrogen (secondary N) is 1. The van der Waals surface area contributed by atoms with Gasteiger partial charge in [0.1, 0.15) is 12.5 Å². The molecule has 1 heterocycles. The SMILES string of the molecule is CCOc1cc([C@H]2C(C(=O)OCCSCC)=C(C)NC3=C2C(=O)[C@@H](C(=O)OC)[C@@H](C)C3)ccc1OC(C)=O. The van der Waals surface area contributed by atoms with Crippen LogP contribution in [0.3, 0.4) is 0 Å². The van der Waals surface area contributed by atoms with Crippen LogP contribution in [0, 0.1) is 11.8 Å². The predicted octanol–water partition coefficient (Wildman–Crippen LogP) is 3.92. The van der Waals surface area contributed by atoms with Crippen LogP contribution in [0.2, 0.25) is 0 Å². The lowest BCUT2D eigenvalue weighted by Gasteiger charge is -2.38. The second-order valence-electron chi connectivity index (χ2n) is 9.10. The number of hydrogen-bond donors (Lipinski definition) is 1. The fourth-order valence-corrected chi connectivity index (χ4v) is 5.40. The quantitative estimate of drug-likeness (QED) is 0.201. The number of methoxy groups -OCH3 is 1. The van der Waals surface area contributed by atoms with Gasteiger partial charge in [0.05, 0.1) is 19.3 Å². The van der Waals surface area contributed by atoms with Crippen LogP contribution in [-0.4, -0.2) is 55.5 Å². The Bertz CT molecular complexity index is 1170. The van der Waals surface area contributed by atoms with Crippen molar-refractivity contribution in [3.63, 3.8) is 0 Å². The van der Waals surface area contributed by atoms with Gasteiger partial charge in [-0.15, -0.1) is 0 Å². The van der Waals surface area contributed by atoms with Crippen LogP contribution in [0.4, 0.5) is 0 Å². The third-order valence-corrected chi connectivity index (χ3v) is 7.35. The Kier molecular flexibility index (Phi) is 10.0. The summed E-state index contributed by atoms with van der Waals surface area (Å²) >= 11 is 1.65. The topological polar surface area (TPSA) is 117 Å². The Balaban J connectivity index is 2.16. The van der Waals surface area contributed by atoms with Gasteiger partial charge in [0, 0.05) is 35.6 Å². The molecule has 1 aromatic carbocycles. The number of rotatable bonds is 10. The number of carbonyl (C=O) groups excluding carboxylic acids is 4. The third kappa shape index (κ3) is 6.23. The average molecular weight is 546 g/mol. The molecule has 0 spiro atoms. The molecule has 9 nitrogen and oxygen atoms in total. The average Bonchev–Trinajstić information content (AvgIpc) is 2.86. The highest BCUT2D eigenvalue weighted by Gasteiger charge is 2.47. The van der Waals surface area contributed by atoms with Crippen LogP contribution in [-0.2, 0) is 28.7 Å². The van der Waals surface area contributed by atoms with Crippen LogP contribution < -0.4 is 14.8 Å². The Hall–Kier alpha value is -3.27. The highest BCUT2D eigenvalue weighted by Crippen LogP contribution is 2.47. The number of benzene rings is 1. The summed E-state index contributed by atoms with van der Waals surface area (Å²) in [6.45, 7) is 9.23. The van der Waals surface area contributed by atoms with E-state index >= 15 is 0 Å². The van der Waals surface area contributed by atoms with Gasteiger partial charge in [-0.3, -0.25) is 14.4 Å². The minimum Gasteiger partial charge on any atom is -0.490 e. The molecule has 0 aromatic heterocycles. The molecule has 0 fully saturated rings. The van der Waals surface area contributed by atoms with Gasteiger partial charge in [-0.05, 0) is 49.6 Å². The Labute approximate surface area is 227 Å². The van der Waals surface area contributed by atoms with E-state index in [2.05, 4.69) is 5.32 Å². The second kappa shape index (κ2) is 13.0. The number of hydrogen-bond acceptors (Lipinski definition) is 10. The number of ether oxygens (including phenoxy) is 4. The summed E-state index contributed by atoms with van der Waals surface area (Å²) in [5.41, 5.74) is 2.39. The molecule has 3 rings (SSSR count). The molecule has 0 saturated heterocycles. The fraction of sp³-hybridized carbons (Fsp3) is 0.500. The van der Waals surface area contributed by atoms with E-state index in [9.17, 15) is 19.2 Å². The monoisotopic (exact) mass is 545 g/mol. The van der Waals surface area contributed by atoms with Crippen LogP contribution in [0.1, 0.15) is 52.5 Å².